The molecule has 0 radical (unpaired) electrons. The van der Waals surface area contributed by atoms with Gasteiger partial charge in [0, 0.05) is 0 Å². The molecule has 2 aromatic carbocycles. The number of rotatable bonds is 4. The molecule has 5 heteroatoms. The number of carboxylic acid groups (broad SMARTS) is 2. The van der Waals surface area contributed by atoms with E-state index < -0.39 is 11.9 Å². The fourth-order valence-corrected chi connectivity index (χ4v) is 4.34. The molecule has 4 rings (SSSR count). The smallest absolute Gasteiger partial charge is 0.335 e. The van der Waals surface area contributed by atoms with Gasteiger partial charge in [-0.05, 0) is 24.3 Å². The number of carbonyl (C=O) groups is 2. The third-order valence-corrected chi connectivity index (χ3v) is 6.07. The number of hydrogen-bond acceptors (Lipinski definition) is 2. The van der Waals surface area contributed by atoms with Crippen LogP contribution in [0.1, 0.15) is 33.6 Å². The number of aromatic carboxylic acids is 2. The van der Waals surface area contributed by atoms with Crippen LogP contribution in [0, 0.1) is 0 Å². The Kier molecular flexibility index (Phi) is 9.63. The van der Waals surface area contributed by atoms with Crippen LogP contribution < -0.4 is 0 Å². The molecule has 2 aliphatic carbocycles. The summed E-state index contributed by atoms with van der Waals surface area (Å²) in [5, 5.41) is 16.8. The Balaban J connectivity index is 0.000000157. The first-order chi connectivity index (χ1) is 14.1. The topological polar surface area (TPSA) is 74.6 Å². The molecule has 146 valence electrons. The van der Waals surface area contributed by atoms with Crippen LogP contribution in [0.5, 0.6) is 0 Å². The monoisotopic (exact) mass is 422 g/mol. The van der Waals surface area contributed by atoms with E-state index in [4.69, 9.17) is 10.2 Å². The summed E-state index contributed by atoms with van der Waals surface area (Å²) in [6.45, 7) is 0. The molecule has 0 aromatic heterocycles. The summed E-state index contributed by atoms with van der Waals surface area (Å²) in [7, 11) is 0. The zero-order chi connectivity index (χ0) is 20.9. The molecule has 29 heavy (non-hydrogen) atoms. The molecule has 0 atom stereocenters. The zero-order valence-electron chi connectivity index (χ0n) is 15.9. The van der Waals surface area contributed by atoms with Gasteiger partial charge in [0.1, 0.15) is 0 Å². The third-order valence-electron chi connectivity index (χ3n) is 3.91. The van der Waals surface area contributed by atoms with Crippen LogP contribution >= 0.6 is 0 Å². The minimum absolute atomic E-state index is 0.0833. The molecule has 2 aromatic rings. The van der Waals surface area contributed by atoms with E-state index in [0.717, 1.165) is 0 Å². The molecular weight excluding hydrogens is 400 g/mol. The quantitative estimate of drug-likeness (QED) is 0.636. The van der Waals surface area contributed by atoms with Gasteiger partial charge in [-0.25, -0.2) is 9.59 Å². The van der Waals surface area contributed by atoms with Gasteiger partial charge in [0.15, 0.2) is 0 Å². The number of hydrogen-bond donors (Lipinski definition) is 2. The van der Waals surface area contributed by atoms with Gasteiger partial charge >= 0.3 is 88.1 Å². The Hall–Kier alpha value is -2.95. The Morgan fingerprint density at radius 2 is 1.03 bits per heavy atom. The average Bonchev–Trinajstić information content (AvgIpc) is 3.45. The Morgan fingerprint density at radius 3 is 1.28 bits per heavy atom. The fourth-order valence-electron chi connectivity index (χ4n) is 2.45. The van der Waals surface area contributed by atoms with E-state index in [2.05, 4.69) is 36.5 Å². The molecule has 0 spiro atoms. The molecule has 0 unspecified atom stereocenters. The van der Waals surface area contributed by atoms with Gasteiger partial charge < -0.3 is 10.2 Å². The second-order valence-corrected chi connectivity index (χ2v) is 8.51. The molecule has 2 N–H and O–H groups in total. The first-order valence-corrected chi connectivity index (χ1v) is 10.7. The van der Waals surface area contributed by atoms with Gasteiger partial charge in [-0.15, -0.1) is 0 Å². The minimum atomic E-state index is -0.879. The summed E-state index contributed by atoms with van der Waals surface area (Å²) in [5.41, 5.74) is 0.662. The normalized spacial score (nSPS) is 13.2. The fraction of sp³-hybridized carbons (Fsp3) is 0.0833. The standard InChI is InChI=1S/2C7H6O2.2C5H5.Ti/c2*8-7(9)6-4-2-1-3-5-6;2*1-2-4-5-3-1;/h2*1-5H,(H,8,9);2*1-3H,4H2;. The van der Waals surface area contributed by atoms with Crippen LogP contribution in [-0.4, -0.2) is 22.2 Å². The Labute approximate surface area is 179 Å². The van der Waals surface area contributed by atoms with Crippen molar-refractivity contribution in [1.82, 2.24) is 0 Å². The van der Waals surface area contributed by atoms with E-state index in [1.807, 2.05) is 0 Å². The van der Waals surface area contributed by atoms with E-state index in [1.54, 1.807) is 68.4 Å². The maximum Gasteiger partial charge on any atom is 0.335 e. The summed E-state index contributed by atoms with van der Waals surface area (Å²) >= 11 is 0.0833. The second-order valence-electron chi connectivity index (χ2n) is 6.12. The van der Waals surface area contributed by atoms with Gasteiger partial charge in [-0.2, -0.15) is 0 Å². The van der Waals surface area contributed by atoms with E-state index in [0.29, 0.717) is 11.1 Å². The average molecular weight is 422 g/mol. The van der Waals surface area contributed by atoms with E-state index in [-0.39, 0.29) is 19.2 Å². The summed E-state index contributed by atoms with van der Waals surface area (Å²) in [6, 6.07) is 16.6. The van der Waals surface area contributed by atoms with Crippen LogP contribution in [0.2, 0.25) is 0 Å². The van der Waals surface area contributed by atoms with Gasteiger partial charge in [0.2, 0.25) is 0 Å². The molecule has 0 saturated heterocycles. The number of allylic oxidation sites excluding steroid dienone is 8. The predicted molar refractivity (Wildman–Crippen MR) is 110 cm³/mol. The van der Waals surface area contributed by atoms with Crippen molar-refractivity contribution >= 4 is 11.9 Å². The van der Waals surface area contributed by atoms with Gasteiger partial charge in [0.05, 0.1) is 11.1 Å². The van der Waals surface area contributed by atoms with Crippen molar-refractivity contribution in [2.75, 3.05) is 0 Å². The summed E-state index contributed by atoms with van der Waals surface area (Å²) in [4.78, 5) is 20.4. The minimum Gasteiger partial charge on any atom is -0.478 e. The number of carboxylic acids is 2. The van der Waals surface area contributed by atoms with Crippen LogP contribution in [0.4, 0.5) is 0 Å². The molecule has 2 aliphatic rings. The van der Waals surface area contributed by atoms with Crippen molar-refractivity contribution in [3.63, 3.8) is 0 Å². The van der Waals surface area contributed by atoms with Crippen molar-refractivity contribution < 1.29 is 39.0 Å². The van der Waals surface area contributed by atoms with E-state index in [9.17, 15) is 9.59 Å². The molecule has 0 heterocycles. The van der Waals surface area contributed by atoms with Crippen LogP contribution in [0.3, 0.4) is 0 Å². The van der Waals surface area contributed by atoms with Crippen LogP contribution in [0.25, 0.3) is 0 Å². The summed E-state index contributed by atoms with van der Waals surface area (Å²) in [6.07, 6.45) is 15.9. The van der Waals surface area contributed by atoms with Gasteiger partial charge in [-0.3, -0.25) is 0 Å². The largest absolute Gasteiger partial charge is 0.478 e. The van der Waals surface area contributed by atoms with Gasteiger partial charge in [-0.1, -0.05) is 36.4 Å². The van der Waals surface area contributed by atoms with Crippen molar-refractivity contribution in [2.24, 2.45) is 0 Å². The van der Waals surface area contributed by atoms with Crippen molar-refractivity contribution in [2.45, 2.75) is 12.8 Å². The van der Waals surface area contributed by atoms with Crippen LogP contribution in [-0.2, 0) is 19.2 Å². The first-order valence-electron chi connectivity index (χ1n) is 9.11. The molecular formula is C24H22O4Ti. The molecule has 0 amide bonds. The third kappa shape index (κ3) is 8.73. The Morgan fingerprint density at radius 1 is 0.655 bits per heavy atom. The first kappa shape index (κ1) is 22.3. The van der Waals surface area contributed by atoms with Crippen molar-refractivity contribution in [3.05, 3.63) is 116 Å². The molecule has 0 saturated carbocycles. The Bertz CT molecular complexity index is 848. The molecule has 0 aliphatic heterocycles. The predicted octanol–water partition coefficient (Wildman–Crippen LogP) is 5.53. The molecule has 0 fully saturated rings. The maximum atomic E-state index is 10.2. The van der Waals surface area contributed by atoms with E-state index in [1.165, 1.54) is 12.8 Å². The molecule has 4 nitrogen and oxygen atoms in total. The summed E-state index contributed by atoms with van der Waals surface area (Å²) < 4.78 is 3.36. The second kappa shape index (κ2) is 12.5. The SMILES string of the molecule is C1=CC[C]([Ti][C]2=CC=CC2)=C1.O=C(O)c1ccccc1.O=C(O)c1ccccc1. The maximum absolute atomic E-state index is 10.2. The number of benzene rings is 2. The van der Waals surface area contributed by atoms with Crippen molar-refractivity contribution in [3.8, 4) is 0 Å². The van der Waals surface area contributed by atoms with E-state index >= 15 is 0 Å². The van der Waals surface area contributed by atoms with Gasteiger partial charge in [0.25, 0.3) is 0 Å². The van der Waals surface area contributed by atoms with Crippen molar-refractivity contribution in [1.29, 1.82) is 0 Å². The van der Waals surface area contributed by atoms with Crippen LogP contribution in [0.15, 0.2) is 105 Å². The summed E-state index contributed by atoms with van der Waals surface area (Å²) in [5.74, 6) is -1.76. The zero-order valence-corrected chi connectivity index (χ0v) is 17.4. The molecule has 0 bridgehead atoms.